The maximum absolute atomic E-state index is 12.1. The molecule has 1 heterocycles. The zero-order chi connectivity index (χ0) is 13.2. The molecule has 18 heavy (non-hydrogen) atoms. The number of carbonyl (C=O) groups excluding carboxylic acids is 1. The van der Waals surface area contributed by atoms with Gasteiger partial charge in [-0.25, -0.2) is 4.98 Å². The third-order valence-corrected chi connectivity index (χ3v) is 3.79. The van der Waals surface area contributed by atoms with Crippen molar-refractivity contribution in [1.29, 1.82) is 0 Å². The number of carbonyl (C=O) groups is 1. The molecule has 0 saturated carbocycles. The van der Waals surface area contributed by atoms with E-state index < -0.39 is 0 Å². The highest BCUT2D eigenvalue weighted by Crippen LogP contribution is 2.24. The Morgan fingerprint density at radius 2 is 2.22 bits per heavy atom. The van der Waals surface area contributed by atoms with Gasteiger partial charge in [0.15, 0.2) is 0 Å². The first kappa shape index (κ1) is 15.0. The summed E-state index contributed by atoms with van der Waals surface area (Å²) >= 11 is 1.56. The molecule has 1 atom stereocenters. The molecule has 0 aliphatic carbocycles. The molecule has 0 spiro atoms. The molecule has 1 amide bonds. The molecule has 1 aromatic heterocycles. The number of nitrogens with one attached hydrogen (secondary N) is 1. The molecule has 4 heteroatoms. The Hall–Kier alpha value is -1.03. The van der Waals surface area contributed by atoms with Crippen molar-refractivity contribution in [2.24, 2.45) is 0 Å². The second-order valence-electron chi connectivity index (χ2n) is 4.21. The number of amides is 1. The summed E-state index contributed by atoms with van der Waals surface area (Å²) in [6, 6.07) is 5.79. The molecule has 0 aliphatic heterocycles. The quantitative estimate of drug-likeness (QED) is 0.580. The van der Waals surface area contributed by atoms with Gasteiger partial charge >= 0.3 is 0 Å². The molecule has 1 N–H and O–H groups in total. The summed E-state index contributed by atoms with van der Waals surface area (Å²) in [5.74, 6) is 0.140. The van der Waals surface area contributed by atoms with Crippen LogP contribution in [-0.4, -0.2) is 22.7 Å². The summed E-state index contributed by atoms with van der Waals surface area (Å²) in [5.41, 5.74) is 0. The van der Waals surface area contributed by atoms with E-state index in [-0.39, 0.29) is 11.2 Å². The smallest absolute Gasteiger partial charge is 0.233 e. The predicted octanol–water partition coefficient (Wildman–Crippen LogP) is 3.26. The maximum Gasteiger partial charge on any atom is 0.233 e. The van der Waals surface area contributed by atoms with Crippen LogP contribution in [0.4, 0.5) is 0 Å². The molecular formula is C14H22N2OS. The minimum absolute atomic E-state index is 0.0262. The van der Waals surface area contributed by atoms with Gasteiger partial charge in [-0.3, -0.25) is 4.79 Å². The molecule has 0 aromatic carbocycles. The Labute approximate surface area is 114 Å². The van der Waals surface area contributed by atoms with Gasteiger partial charge in [0, 0.05) is 12.7 Å². The Morgan fingerprint density at radius 1 is 1.39 bits per heavy atom. The Morgan fingerprint density at radius 3 is 2.83 bits per heavy atom. The van der Waals surface area contributed by atoms with Crippen molar-refractivity contribution in [2.75, 3.05) is 6.54 Å². The Bertz CT molecular complexity index is 343. The van der Waals surface area contributed by atoms with Gasteiger partial charge in [0.05, 0.1) is 10.3 Å². The van der Waals surface area contributed by atoms with E-state index in [1.165, 1.54) is 0 Å². The fourth-order valence-corrected chi connectivity index (χ4v) is 2.68. The standard InChI is InChI=1S/C14H22N2OS/c1-3-5-10-16-14(17)12(8-4-2)18-13-9-6-7-11-15-13/h6-7,9,11-12H,3-5,8,10H2,1-2H3,(H,16,17). The number of thioether (sulfide) groups is 1. The minimum atomic E-state index is -0.0262. The molecule has 100 valence electrons. The van der Waals surface area contributed by atoms with Crippen molar-refractivity contribution in [3.05, 3.63) is 24.4 Å². The van der Waals surface area contributed by atoms with Crippen molar-refractivity contribution in [1.82, 2.24) is 10.3 Å². The number of hydrogen-bond donors (Lipinski definition) is 1. The molecule has 3 nitrogen and oxygen atoms in total. The van der Waals surface area contributed by atoms with Crippen molar-refractivity contribution in [2.45, 2.75) is 49.8 Å². The van der Waals surface area contributed by atoms with E-state index in [0.717, 1.165) is 37.3 Å². The van der Waals surface area contributed by atoms with Crippen LogP contribution in [0.3, 0.4) is 0 Å². The normalized spacial score (nSPS) is 12.1. The lowest BCUT2D eigenvalue weighted by atomic mass is 10.2. The Balaban J connectivity index is 2.50. The zero-order valence-corrected chi connectivity index (χ0v) is 12.0. The van der Waals surface area contributed by atoms with Crippen molar-refractivity contribution >= 4 is 17.7 Å². The summed E-state index contributed by atoms with van der Waals surface area (Å²) in [7, 11) is 0. The van der Waals surface area contributed by atoms with Crippen molar-refractivity contribution in [3.63, 3.8) is 0 Å². The van der Waals surface area contributed by atoms with E-state index in [4.69, 9.17) is 0 Å². The van der Waals surface area contributed by atoms with Gasteiger partial charge in [-0.2, -0.15) is 0 Å². The highest BCUT2D eigenvalue weighted by Gasteiger charge is 2.18. The fraction of sp³-hybridized carbons (Fsp3) is 0.571. The van der Waals surface area contributed by atoms with Crippen molar-refractivity contribution < 1.29 is 4.79 Å². The van der Waals surface area contributed by atoms with Crippen LogP contribution in [0.5, 0.6) is 0 Å². The summed E-state index contributed by atoms with van der Waals surface area (Å²) in [4.78, 5) is 16.3. The topological polar surface area (TPSA) is 42.0 Å². The molecule has 0 radical (unpaired) electrons. The van der Waals surface area contributed by atoms with Crippen molar-refractivity contribution in [3.8, 4) is 0 Å². The fourth-order valence-electron chi connectivity index (χ4n) is 1.57. The lowest BCUT2D eigenvalue weighted by molar-refractivity contribution is -0.120. The van der Waals surface area contributed by atoms with Gasteiger partial charge in [-0.05, 0) is 25.0 Å². The van der Waals surface area contributed by atoms with Gasteiger partial charge < -0.3 is 5.32 Å². The lowest BCUT2D eigenvalue weighted by Crippen LogP contribution is -2.33. The first-order valence-corrected chi connectivity index (χ1v) is 7.51. The second-order valence-corrected chi connectivity index (χ2v) is 5.43. The number of nitrogens with zero attached hydrogens (tertiary/aromatic N) is 1. The maximum atomic E-state index is 12.1. The average molecular weight is 266 g/mol. The second kappa shape index (κ2) is 8.97. The lowest BCUT2D eigenvalue weighted by Gasteiger charge is -2.15. The number of hydrogen-bond acceptors (Lipinski definition) is 3. The van der Waals surface area contributed by atoms with E-state index in [0.29, 0.717) is 0 Å². The van der Waals surface area contributed by atoms with Gasteiger partial charge in [-0.15, -0.1) is 0 Å². The molecule has 1 aromatic rings. The van der Waals surface area contributed by atoms with Crippen LogP contribution < -0.4 is 5.32 Å². The first-order chi connectivity index (χ1) is 8.77. The molecule has 0 saturated heterocycles. The third-order valence-electron chi connectivity index (χ3n) is 2.57. The van der Waals surface area contributed by atoms with E-state index in [1.807, 2.05) is 18.2 Å². The van der Waals surface area contributed by atoms with E-state index in [2.05, 4.69) is 24.1 Å². The summed E-state index contributed by atoms with van der Waals surface area (Å²) in [6.07, 6.45) is 5.80. The van der Waals surface area contributed by atoms with Gasteiger partial charge in [-0.1, -0.05) is 44.5 Å². The average Bonchev–Trinajstić information content (AvgIpc) is 2.39. The van der Waals surface area contributed by atoms with Crippen LogP contribution in [0.1, 0.15) is 39.5 Å². The molecule has 1 unspecified atom stereocenters. The highest BCUT2D eigenvalue weighted by molar-refractivity contribution is 8.00. The summed E-state index contributed by atoms with van der Waals surface area (Å²) in [6.45, 7) is 5.00. The first-order valence-electron chi connectivity index (χ1n) is 6.63. The summed E-state index contributed by atoms with van der Waals surface area (Å²) < 4.78 is 0. The molecule has 1 rings (SSSR count). The van der Waals surface area contributed by atoms with Crippen LogP contribution in [0, 0.1) is 0 Å². The van der Waals surface area contributed by atoms with E-state index in [1.54, 1.807) is 18.0 Å². The van der Waals surface area contributed by atoms with Crippen LogP contribution >= 0.6 is 11.8 Å². The van der Waals surface area contributed by atoms with Crippen LogP contribution in [0.2, 0.25) is 0 Å². The largest absolute Gasteiger partial charge is 0.355 e. The molecule has 0 bridgehead atoms. The highest BCUT2D eigenvalue weighted by atomic mass is 32.2. The number of unbranched alkanes of at least 4 members (excludes halogenated alkanes) is 1. The minimum Gasteiger partial charge on any atom is -0.355 e. The summed E-state index contributed by atoms with van der Waals surface area (Å²) in [5, 5.41) is 3.89. The van der Waals surface area contributed by atoms with E-state index in [9.17, 15) is 4.79 Å². The molecular weight excluding hydrogens is 244 g/mol. The van der Waals surface area contributed by atoms with Gasteiger partial charge in [0.25, 0.3) is 0 Å². The predicted molar refractivity (Wildman–Crippen MR) is 76.7 cm³/mol. The van der Waals surface area contributed by atoms with E-state index >= 15 is 0 Å². The van der Waals surface area contributed by atoms with Crippen LogP contribution in [0.15, 0.2) is 29.4 Å². The number of aromatic nitrogens is 1. The molecule has 0 fully saturated rings. The number of rotatable bonds is 8. The van der Waals surface area contributed by atoms with Crippen LogP contribution in [0.25, 0.3) is 0 Å². The number of pyridine rings is 1. The molecule has 0 aliphatic rings. The monoisotopic (exact) mass is 266 g/mol. The van der Waals surface area contributed by atoms with Gasteiger partial charge in [0.2, 0.25) is 5.91 Å². The zero-order valence-electron chi connectivity index (χ0n) is 11.2. The van der Waals surface area contributed by atoms with Gasteiger partial charge in [0.1, 0.15) is 0 Å². The van der Waals surface area contributed by atoms with Crippen LogP contribution in [-0.2, 0) is 4.79 Å². The Kier molecular flexibility index (Phi) is 7.49. The SMILES string of the molecule is CCCCNC(=O)C(CCC)Sc1ccccn1. The third kappa shape index (κ3) is 5.54.